The highest BCUT2D eigenvalue weighted by Gasteiger charge is 2.69. The van der Waals surface area contributed by atoms with Gasteiger partial charge in [-0.05, 0) is 49.1 Å². The highest BCUT2D eigenvalue weighted by Crippen LogP contribution is 2.52. The van der Waals surface area contributed by atoms with Crippen LogP contribution in [0.2, 0.25) is 0 Å². The van der Waals surface area contributed by atoms with E-state index in [0.29, 0.717) is 18.6 Å². The average Bonchev–Trinajstić information content (AvgIpc) is 3.00. The lowest BCUT2D eigenvalue weighted by Crippen LogP contribution is -2.62. The van der Waals surface area contributed by atoms with Gasteiger partial charge in [0.1, 0.15) is 5.75 Å². The van der Waals surface area contributed by atoms with Gasteiger partial charge in [0.05, 0.1) is 5.92 Å². The molecule has 166 valence electrons. The quantitative estimate of drug-likeness (QED) is 0.744. The summed E-state index contributed by atoms with van der Waals surface area (Å²) in [7, 11) is 0. The lowest BCUT2D eigenvalue weighted by Gasteiger charge is -2.43. The molecular weight excluding hydrogens is 397 g/mol. The first-order valence-electron chi connectivity index (χ1n) is 10.3. The van der Waals surface area contributed by atoms with Crippen molar-refractivity contribution < 1.29 is 27.8 Å². The molecule has 0 unspecified atom stereocenters. The topological polar surface area (TPSA) is 62.1 Å². The standard InChI is InChI=1S/C22H29F3N2O3/c1-5-20(3,4)15-10-11-17-16(12-15)21(29,22(23,24)25)27(26-17)19(28)13-30-18-9-7-6-8-14(18)2/h6-9,15-16,29H,5,10-13H2,1-4H3/t15-,16-,21-/m1/s1. The maximum Gasteiger partial charge on any atom is 0.439 e. The molecule has 3 atom stereocenters. The number of carbonyl (C=O) groups excluding carboxylic acids is 1. The molecule has 1 aromatic carbocycles. The third-order valence-corrected chi connectivity index (χ3v) is 6.82. The average molecular weight is 426 g/mol. The monoisotopic (exact) mass is 426 g/mol. The highest BCUT2D eigenvalue weighted by molar-refractivity contribution is 5.93. The Balaban J connectivity index is 1.85. The van der Waals surface area contributed by atoms with Gasteiger partial charge in [0.15, 0.2) is 6.61 Å². The van der Waals surface area contributed by atoms with Crippen LogP contribution in [0.15, 0.2) is 29.4 Å². The van der Waals surface area contributed by atoms with Gasteiger partial charge in [-0.15, -0.1) is 0 Å². The zero-order valence-electron chi connectivity index (χ0n) is 17.8. The van der Waals surface area contributed by atoms with Gasteiger partial charge in [-0.1, -0.05) is 45.4 Å². The van der Waals surface area contributed by atoms with Crippen LogP contribution in [0.3, 0.4) is 0 Å². The van der Waals surface area contributed by atoms with Crippen LogP contribution in [0.25, 0.3) is 0 Å². The normalized spacial score (nSPS) is 26.9. The Labute approximate surface area is 174 Å². The second-order valence-corrected chi connectivity index (χ2v) is 8.94. The van der Waals surface area contributed by atoms with Crippen molar-refractivity contribution in [3.8, 4) is 5.75 Å². The minimum Gasteiger partial charge on any atom is -0.483 e. The number of amides is 1. The molecule has 0 spiro atoms. The minimum absolute atomic E-state index is 0.00130. The molecule has 0 saturated heterocycles. The van der Waals surface area contributed by atoms with Crippen molar-refractivity contribution >= 4 is 11.6 Å². The van der Waals surface area contributed by atoms with Crippen LogP contribution in [0.5, 0.6) is 5.75 Å². The largest absolute Gasteiger partial charge is 0.483 e. The van der Waals surface area contributed by atoms with Crippen molar-refractivity contribution in [1.29, 1.82) is 0 Å². The SMILES string of the molecule is CCC(C)(C)[C@@H]1CCC2=NN(C(=O)COc3ccccc3C)[C@](O)(C(F)(F)F)[C@@H]2C1. The number of hydrogen-bond acceptors (Lipinski definition) is 4. The van der Waals surface area contributed by atoms with Crippen LogP contribution < -0.4 is 4.74 Å². The Morgan fingerprint density at radius 1 is 1.33 bits per heavy atom. The van der Waals surface area contributed by atoms with Gasteiger partial charge >= 0.3 is 6.18 Å². The van der Waals surface area contributed by atoms with Gasteiger partial charge in [-0.3, -0.25) is 4.79 Å². The van der Waals surface area contributed by atoms with E-state index in [9.17, 15) is 23.1 Å². The Morgan fingerprint density at radius 2 is 2.00 bits per heavy atom. The molecule has 1 fully saturated rings. The van der Waals surface area contributed by atoms with Crippen LogP contribution in [0.4, 0.5) is 13.2 Å². The zero-order chi connectivity index (χ0) is 22.3. The molecule has 0 bridgehead atoms. The Kier molecular flexibility index (Phi) is 5.93. The van der Waals surface area contributed by atoms with Crippen molar-refractivity contribution in [2.75, 3.05) is 6.61 Å². The van der Waals surface area contributed by atoms with E-state index in [0.717, 1.165) is 12.0 Å². The summed E-state index contributed by atoms with van der Waals surface area (Å²) in [6.45, 7) is 7.19. The van der Waals surface area contributed by atoms with Crippen molar-refractivity contribution in [3.05, 3.63) is 29.8 Å². The highest BCUT2D eigenvalue weighted by atomic mass is 19.4. The zero-order valence-corrected chi connectivity index (χ0v) is 17.8. The first-order valence-corrected chi connectivity index (χ1v) is 10.3. The molecule has 30 heavy (non-hydrogen) atoms. The van der Waals surface area contributed by atoms with E-state index in [2.05, 4.69) is 5.10 Å². The van der Waals surface area contributed by atoms with Crippen LogP contribution >= 0.6 is 0 Å². The van der Waals surface area contributed by atoms with Crippen molar-refractivity contribution in [2.24, 2.45) is 22.4 Å². The molecule has 5 nitrogen and oxygen atoms in total. The lowest BCUT2D eigenvalue weighted by atomic mass is 9.64. The second kappa shape index (κ2) is 7.87. The lowest BCUT2D eigenvalue weighted by molar-refractivity contribution is -0.318. The summed E-state index contributed by atoms with van der Waals surface area (Å²) in [6, 6.07) is 6.90. The molecule has 1 aliphatic heterocycles. The van der Waals surface area contributed by atoms with Crippen molar-refractivity contribution in [1.82, 2.24) is 5.01 Å². The van der Waals surface area contributed by atoms with Gasteiger partial charge in [0, 0.05) is 5.71 Å². The smallest absolute Gasteiger partial charge is 0.439 e. The Hall–Kier alpha value is -2.09. The number of para-hydroxylation sites is 1. The third-order valence-electron chi connectivity index (χ3n) is 6.82. The summed E-state index contributed by atoms with van der Waals surface area (Å²) in [5, 5.41) is 15.0. The number of hydrogen-bond donors (Lipinski definition) is 1. The number of benzene rings is 1. The van der Waals surface area contributed by atoms with E-state index >= 15 is 0 Å². The van der Waals surface area contributed by atoms with Crippen LogP contribution in [0.1, 0.15) is 52.0 Å². The maximum absolute atomic E-state index is 14.1. The number of hydrazone groups is 1. The van der Waals surface area contributed by atoms with E-state index in [-0.39, 0.29) is 28.5 Å². The van der Waals surface area contributed by atoms with Crippen LogP contribution in [-0.2, 0) is 4.79 Å². The number of alkyl halides is 3. The van der Waals surface area contributed by atoms with E-state index in [1.165, 1.54) is 0 Å². The maximum atomic E-state index is 14.1. The molecule has 0 aromatic heterocycles. The van der Waals surface area contributed by atoms with Crippen molar-refractivity contribution in [2.45, 2.75) is 65.3 Å². The van der Waals surface area contributed by atoms with E-state index in [1.54, 1.807) is 31.2 Å². The van der Waals surface area contributed by atoms with Gasteiger partial charge in [0.25, 0.3) is 11.6 Å². The molecular formula is C22H29F3N2O3. The fourth-order valence-electron chi connectivity index (χ4n) is 4.38. The number of fused-ring (bicyclic) bond motifs is 1. The van der Waals surface area contributed by atoms with Crippen LogP contribution in [-0.4, -0.2) is 40.2 Å². The fourth-order valence-corrected chi connectivity index (χ4v) is 4.38. The second-order valence-electron chi connectivity index (χ2n) is 8.94. The van der Waals surface area contributed by atoms with Crippen molar-refractivity contribution in [3.63, 3.8) is 0 Å². The molecule has 8 heteroatoms. The molecule has 1 N–H and O–H groups in total. The molecule has 1 heterocycles. The molecule has 2 aliphatic rings. The fraction of sp³-hybridized carbons (Fsp3) is 0.636. The third kappa shape index (κ3) is 3.82. The Bertz CT molecular complexity index is 837. The summed E-state index contributed by atoms with van der Waals surface area (Å²) < 4.78 is 47.7. The summed E-state index contributed by atoms with van der Waals surface area (Å²) in [6.07, 6.45) is -3.07. The predicted octanol–water partition coefficient (Wildman–Crippen LogP) is 4.68. The Morgan fingerprint density at radius 3 is 2.60 bits per heavy atom. The number of aryl methyl sites for hydroxylation is 1. The number of nitrogens with zero attached hydrogens (tertiary/aromatic N) is 2. The molecule has 3 rings (SSSR count). The van der Waals surface area contributed by atoms with E-state index in [1.807, 2.05) is 20.8 Å². The number of aliphatic hydroxyl groups is 1. The van der Waals surface area contributed by atoms with Gasteiger partial charge in [0.2, 0.25) is 0 Å². The predicted molar refractivity (Wildman–Crippen MR) is 107 cm³/mol. The summed E-state index contributed by atoms with van der Waals surface area (Å²) in [5.41, 5.74) is -2.52. The van der Waals surface area contributed by atoms with Gasteiger partial charge in [-0.25, -0.2) is 0 Å². The summed E-state index contributed by atoms with van der Waals surface area (Å²) in [5.74, 6) is -1.88. The van der Waals surface area contributed by atoms with Crippen LogP contribution in [0, 0.1) is 24.2 Å². The number of rotatable bonds is 5. The number of halogens is 3. The van der Waals surface area contributed by atoms with Gasteiger partial charge in [-0.2, -0.15) is 23.3 Å². The number of carbonyl (C=O) groups is 1. The molecule has 0 radical (unpaired) electrons. The molecule has 1 amide bonds. The van der Waals surface area contributed by atoms with Gasteiger partial charge < -0.3 is 9.84 Å². The summed E-state index contributed by atoms with van der Waals surface area (Å²) >= 11 is 0. The summed E-state index contributed by atoms with van der Waals surface area (Å²) in [4.78, 5) is 12.7. The van der Waals surface area contributed by atoms with E-state index < -0.39 is 30.3 Å². The van der Waals surface area contributed by atoms with E-state index in [4.69, 9.17) is 4.74 Å². The molecule has 1 saturated carbocycles. The first-order chi connectivity index (χ1) is 13.9. The first kappa shape index (κ1) is 22.6. The molecule has 1 aromatic rings. The molecule has 1 aliphatic carbocycles. The minimum atomic E-state index is -5.04. The number of ether oxygens (including phenoxy) is 1.